The molecule has 1 aromatic rings. The highest BCUT2D eigenvalue weighted by Gasteiger charge is 2.31. The number of aliphatic carboxylic acids is 1. The third-order valence-electron chi connectivity index (χ3n) is 3.57. The van der Waals surface area contributed by atoms with Crippen LogP contribution in [0.1, 0.15) is 26.2 Å². The number of rotatable bonds is 7. The molecule has 0 spiro atoms. The molecular weight excluding hydrogens is 286 g/mol. The van der Waals surface area contributed by atoms with E-state index in [1.807, 2.05) is 6.92 Å². The van der Waals surface area contributed by atoms with E-state index in [4.69, 9.17) is 9.47 Å². The summed E-state index contributed by atoms with van der Waals surface area (Å²) in [6.07, 6.45) is 0.827. The van der Waals surface area contributed by atoms with Gasteiger partial charge >= 0.3 is 0 Å². The molecule has 1 fully saturated rings. The number of carbonyl (C=O) groups is 2. The first-order valence-electron chi connectivity index (χ1n) is 7.45. The van der Waals surface area contributed by atoms with Crippen LogP contribution in [-0.2, 0) is 14.3 Å². The minimum Gasteiger partial charge on any atom is -0.550 e. The SMILES string of the molecule is CCOc1ccc(NC(=O)[C@@H](CC(=O)[O-])[C@@H]2CCCO2)cc1. The van der Waals surface area contributed by atoms with Crippen molar-refractivity contribution in [2.45, 2.75) is 32.3 Å². The summed E-state index contributed by atoms with van der Waals surface area (Å²) in [5, 5.41) is 13.6. The average molecular weight is 306 g/mol. The second-order valence-corrected chi connectivity index (χ2v) is 5.18. The van der Waals surface area contributed by atoms with Crippen molar-refractivity contribution in [3.05, 3.63) is 24.3 Å². The molecule has 1 saturated heterocycles. The fraction of sp³-hybridized carbons (Fsp3) is 0.500. The summed E-state index contributed by atoms with van der Waals surface area (Å²) in [7, 11) is 0. The molecule has 6 heteroatoms. The zero-order chi connectivity index (χ0) is 15.9. The summed E-state index contributed by atoms with van der Waals surface area (Å²) >= 11 is 0. The predicted octanol–water partition coefficient (Wildman–Crippen LogP) is 0.959. The van der Waals surface area contributed by atoms with Gasteiger partial charge in [-0.3, -0.25) is 4.79 Å². The lowest BCUT2D eigenvalue weighted by atomic mass is 9.95. The summed E-state index contributed by atoms with van der Waals surface area (Å²) < 4.78 is 10.8. The van der Waals surface area contributed by atoms with Crippen molar-refractivity contribution in [1.29, 1.82) is 0 Å². The minimum absolute atomic E-state index is 0.340. The fourth-order valence-electron chi connectivity index (χ4n) is 2.53. The molecule has 1 amide bonds. The van der Waals surface area contributed by atoms with Gasteiger partial charge in [-0.1, -0.05) is 0 Å². The van der Waals surface area contributed by atoms with Crippen LogP contribution in [0.4, 0.5) is 5.69 Å². The molecule has 6 nitrogen and oxygen atoms in total. The molecule has 1 aliphatic rings. The fourth-order valence-corrected chi connectivity index (χ4v) is 2.53. The lowest BCUT2D eigenvalue weighted by molar-refractivity contribution is -0.307. The molecule has 120 valence electrons. The number of carboxylic acids is 1. The highest BCUT2D eigenvalue weighted by atomic mass is 16.5. The zero-order valence-electron chi connectivity index (χ0n) is 12.5. The number of benzene rings is 1. The molecule has 1 aromatic carbocycles. The van der Waals surface area contributed by atoms with Crippen molar-refractivity contribution in [3.63, 3.8) is 0 Å². The highest BCUT2D eigenvalue weighted by molar-refractivity contribution is 5.94. The Morgan fingerprint density at radius 2 is 2.14 bits per heavy atom. The van der Waals surface area contributed by atoms with E-state index in [-0.39, 0.29) is 18.4 Å². The van der Waals surface area contributed by atoms with Gasteiger partial charge in [0.05, 0.1) is 18.6 Å². The highest BCUT2D eigenvalue weighted by Crippen LogP contribution is 2.25. The maximum Gasteiger partial charge on any atom is 0.230 e. The van der Waals surface area contributed by atoms with E-state index in [0.29, 0.717) is 31.1 Å². The summed E-state index contributed by atoms with van der Waals surface area (Å²) in [5.74, 6) is -1.63. The van der Waals surface area contributed by atoms with E-state index in [0.717, 1.165) is 6.42 Å². The van der Waals surface area contributed by atoms with Gasteiger partial charge < -0.3 is 24.7 Å². The summed E-state index contributed by atoms with van der Waals surface area (Å²) in [4.78, 5) is 23.2. The van der Waals surface area contributed by atoms with Gasteiger partial charge in [-0.2, -0.15) is 0 Å². The van der Waals surface area contributed by atoms with Crippen molar-refractivity contribution >= 4 is 17.6 Å². The van der Waals surface area contributed by atoms with Crippen LogP contribution < -0.4 is 15.2 Å². The molecule has 22 heavy (non-hydrogen) atoms. The molecule has 0 aromatic heterocycles. The predicted molar refractivity (Wildman–Crippen MR) is 78.3 cm³/mol. The maximum atomic E-state index is 12.3. The number of anilines is 1. The van der Waals surface area contributed by atoms with Gasteiger partial charge in [0.15, 0.2) is 0 Å². The molecule has 2 atom stereocenters. The van der Waals surface area contributed by atoms with Crippen molar-refractivity contribution < 1.29 is 24.2 Å². The van der Waals surface area contributed by atoms with Gasteiger partial charge in [0, 0.05) is 24.7 Å². The van der Waals surface area contributed by atoms with Crippen LogP contribution in [0.3, 0.4) is 0 Å². The molecule has 0 radical (unpaired) electrons. The van der Waals surface area contributed by atoms with Crippen LogP contribution in [0.2, 0.25) is 0 Å². The van der Waals surface area contributed by atoms with Crippen molar-refractivity contribution in [2.24, 2.45) is 5.92 Å². The molecule has 0 unspecified atom stereocenters. The van der Waals surface area contributed by atoms with Crippen molar-refractivity contribution in [2.75, 3.05) is 18.5 Å². The smallest absolute Gasteiger partial charge is 0.230 e. The Balaban J connectivity index is 2.01. The third-order valence-corrected chi connectivity index (χ3v) is 3.57. The van der Waals surface area contributed by atoms with Crippen LogP contribution in [0, 0.1) is 5.92 Å². The normalized spacial score (nSPS) is 18.7. The van der Waals surface area contributed by atoms with E-state index >= 15 is 0 Å². The number of hydrogen-bond acceptors (Lipinski definition) is 5. The number of carbonyl (C=O) groups excluding carboxylic acids is 2. The van der Waals surface area contributed by atoms with E-state index in [1.54, 1.807) is 24.3 Å². The van der Waals surface area contributed by atoms with Gasteiger partial charge in [0.1, 0.15) is 5.75 Å². The molecule has 0 saturated carbocycles. The summed E-state index contributed by atoms with van der Waals surface area (Å²) in [6.45, 7) is 3.02. The van der Waals surface area contributed by atoms with Crippen LogP contribution in [0.15, 0.2) is 24.3 Å². The molecule has 0 bridgehead atoms. The molecule has 2 rings (SSSR count). The van der Waals surface area contributed by atoms with Gasteiger partial charge in [-0.25, -0.2) is 0 Å². The second kappa shape index (κ2) is 7.79. The average Bonchev–Trinajstić information content (AvgIpc) is 3.01. The van der Waals surface area contributed by atoms with E-state index in [1.165, 1.54) is 0 Å². The summed E-state index contributed by atoms with van der Waals surface area (Å²) in [5.41, 5.74) is 0.592. The number of nitrogens with one attached hydrogen (secondary N) is 1. The molecule has 0 aliphatic carbocycles. The zero-order valence-corrected chi connectivity index (χ0v) is 12.5. The Labute approximate surface area is 129 Å². The lowest BCUT2D eigenvalue weighted by Crippen LogP contribution is -2.38. The Morgan fingerprint density at radius 1 is 1.41 bits per heavy atom. The largest absolute Gasteiger partial charge is 0.550 e. The first-order valence-corrected chi connectivity index (χ1v) is 7.45. The number of carboxylic acid groups (broad SMARTS) is 1. The van der Waals surface area contributed by atoms with Crippen molar-refractivity contribution in [1.82, 2.24) is 0 Å². The monoisotopic (exact) mass is 306 g/mol. The van der Waals surface area contributed by atoms with Crippen LogP contribution in [-0.4, -0.2) is 31.2 Å². The first-order chi connectivity index (χ1) is 10.6. The Hall–Kier alpha value is -2.08. The van der Waals surface area contributed by atoms with Gasteiger partial charge in [0.2, 0.25) is 5.91 Å². The minimum atomic E-state index is -1.25. The number of hydrogen-bond donors (Lipinski definition) is 1. The van der Waals surface area contributed by atoms with Crippen LogP contribution >= 0.6 is 0 Å². The molecule has 1 heterocycles. The second-order valence-electron chi connectivity index (χ2n) is 5.18. The number of amides is 1. The van der Waals surface area contributed by atoms with E-state index in [9.17, 15) is 14.7 Å². The Morgan fingerprint density at radius 3 is 2.68 bits per heavy atom. The van der Waals surface area contributed by atoms with E-state index in [2.05, 4.69) is 5.32 Å². The van der Waals surface area contributed by atoms with E-state index < -0.39 is 11.9 Å². The number of ether oxygens (including phenoxy) is 2. The van der Waals surface area contributed by atoms with Crippen LogP contribution in [0.25, 0.3) is 0 Å². The quantitative estimate of drug-likeness (QED) is 0.810. The molecular formula is C16H20NO5-. The molecule has 1 aliphatic heterocycles. The van der Waals surface area contributed by atoms with Crippen molar-refractivity contribution in [3.8, 4) is 5.75 Å². The van der Waals surface area contributed by atoms with Gasteiger partial charge in [-0.15, -0.1) is 0 Å². The molecule has 1 N–H and O–H groups in total. The van der Waals surface area contributed by atoms with Gasteiger partial charge in [0.25, 0.3) is 0 Å². The van der Waals surface area contributed by atoms with Crippen LogP contribution in [0.5, 0.6) is 5.75 Å². The Kier molecular flexibility index (Phi) is 5.77. The van der Waals surface area contributed by atoms with Gasteiger partial charge in [-0.05, 0) is 44.0 Å². The third kappa shape index (κ3) is 4.46. The maximum absolute atomic E-state index is 12.3. The standard InChI is InChI=1S/C16H21NO5/c1-2-21-12-7-5-11(6-8-12)17-16(20)13(10-15(18)19)14-4-3-9-22-14/h5-8,13-14H,2-4,9-10H2,1H3,(H,17,20)(H,18,19)/p-1/t13-,14-/m0/s1. The first kappa shape index (κ1) is 16.3. The Bertz CT molecular complexity index is 508. The lowest BCUT2D eigenvalue weighted by Gasteiger charge is -2.22. The summed E-state index contributed by atoms with van der Waals surface area (Å²) in [6, 6.07) is 6.93. The topological polar surface area (TPSA) is 87.7 Å².